The van der Waals surface area contributed by atoms with Crippen LogP contribution in [0.3, 0.4) is 0 Å². The molecule has 0 aliphatic carbocycles. The van der Waals surface area contributed by atoms with Gasteiger partial charge in [-0.2, -0.15) is 5.10 Å². The highest BCUT2D eigenvalue weighted by atomic mass is 19.1. The Balaban J connectivity index is 1.81. The molecule has 1 aromatic carbocycles. The van der Waals surface area contributed by atoms with E-state index in [2.05, 4.69) is 15.4 Å². The van der Waals surface area contributed by atoms with Gasteiger partial charge in [-0.05, 0) is 44.8 Å². The fourth-order valence-corrected chi connectivity index (χ4v) is 2.85. The fourth-order valence-electron chi connectivity index (χ4n) is 2.85. The topological polar surface area (TPSA) is 62.5 Å². The number of nitrogens with one attached hydrogen (secondary N) is 1. The Hall–Kier alpha value is -2.80. The van der Waals surface area contributed by atoms with Gasteiger partial charge in [0.15, 0.2) is 5.65 Å². The number of carbonyl (C=O) groups is 1. The van der Waals surface area contributed by atoms with Crippen molar-refractivity contribution in [2.45, 2.75) is 13.0 Å². The van der Waals surface area contributed by atoms with Crippen LogP contribution in [0.15, 0.2) is 42.7 Å². The Bertz CT molecular complexity index is 905. The maximum atomic E-state index is 13.5. The minimum absolute atomic E-state index is 0.144. The number of carbonyl (C=O) groups excluding carboxylic acids is 1. The Labute approximate surface area is 145 Å². The van der Waals surface area contributed by atoms with Crippen LogP contribution in [0.5, 0.6) is 0 Å². The maximum Gasteiger partial charge on any atom is 0.257 e. The second kappa shape index (κ2) is 6.98. The summed E-state index contributed by atoms with van der Waals surface area (Å²) in [7, 11) is 3.79. The molecular weight excluding hydrogens is 321 g/mol. The summed E-state index contributed by atoms with van der Waals surface area (Å²) in [6.45, 7) is 2.12. The minimum Gasteiger partial charge on any atom is -0.350 e. The summed E-state index contributed by atoms with van der Waals surface area (Å²) in [6.07, 6.45) is 3.38. The number of rotatable bonds is 5. The highest BCUT2D eigenvalue weighted by Gasteiger charge is 2.21. The van der Waals surface area contributed by atoms with Gasteiger partial charge in [0.1, 0.15) is 11.4 Å². The van der Waals surface area contributed by atoms with Crippen LogP contribution in [-0.2, 0) is 0 Å². The Morgan fingerprint density at radius 1 is 1.36 bits per heavy atom. The largest absolute Gasteiger partial charge is 0.350 e. The third-order valence-corrected chi connectivity index (χ3v) is 4.11. The van der Waals surface area contributed by atoms with E-state index in [1.54, 1.807) is 36.0 Å². The van der Waals surface area contributed by atoms with E-state index in [0.717, 1.165) is 5.56 Å². The lowest BCUT2D eigenvalue weighted by molar-refractivity contribution is 0.0942. The van der Waals surface area contributed by atoms with Crippen molar-refractivity contribution in [3.63, 3.8) is 0 Å². The van der Waals surface area contributed by atoms with E-state index in [1.807, 2.05) is 25.1 Å². The van der Waals surface area contributed by atoms with E-state index in [0.29, 0.717) is 23.4 Å². The second-order valence-electron chi connectivity index (χ2n) is 6.09. The van der Waals surface area contributed by atoms with Crippen molar-refractivity contribution in [1.82, 2.24) is 24.8 Å². The summed E-state index contributed by atoms with van der Waals surface area (Å²) < 4.78 is 15.1. The molecule has 2 heterocycles. The predicted molar refractivity (Wildman–Crippen MR) is 92.9 cm³/mol. The van der Waals surface area contributed by atoms with Crippen LogP contribution in [0, 0.1) is 12.7 Å². The molecule has 0 saturated heterocycles. The first-order valence-electron chi connectivity index (χ1n) is 7.97. The number of hydrogen-bond acceptors (Lipinski definition) is 4. The van der Waals surface area contributed by atoms with Gasteiger partial charge in [-0.25, -0.2) is 13.9 Å². The summed E-state index contributed by atoms with van der Waals surface area (Å²) in [4.78, 5) is 18.8. The molecule has 2 aromatic heterocycles. The number of fused-ring (bicyclic) bond motifs is 1. The number of likely N-dealkylation sites (N-methyl/N-ethyl adjacent to an activating group) is 1. The lowest BCUT2D eigenvalue weighted by Crippen LogP contribution is -2.34. The van der Waals surface area contributed by atoms with Crippen molar-refractivity contribution in [2.24, 2.45) is 0 Å². The van der Waals surface area contributed by atoms with Gasteiger partial charge in [0.25, 0.3) is 5.91 Å². The monoisotopic (exact) mass is 341 g/mol. The molecule has 1 amide bonds. The number of nitrogens with zero attached hydrogens (tertiary/aromatic N) is 4. The average molecular weight is 341 g/mol. The molecule has 0 fully saturated rings. The molecule has 25 heavy (non-hydrogen) atoms. The zero-order chi connectivity index (χ0) is 18.0. The lowest BCUT2D eigenvalue weighted by Gasteiger charge is -2.25. The molecule has 1 unspecified atom stereocenters. The van der Waals surface area contributed by atoms with E-state index >= 15 is 0 Å². The SMILES string of the molecule is Cc1nn2cccnc2c1C(=O)NCC(c1cccc(F)c1)N(C)C. The molecule has 130 valence electrons. The van der Waals surface area contributed by atoms with E-state index in [9.17, 15) is 9.18 Å². The van der Waals surface area contributed by atoms with Crippen molar-refractivity contribution < 1.29 is 9.18 Å². The van der Waals surface area contributed by atoms with E-state index < -0.39 is 0 Å². The molecule has 0 aliphatic heterocycles. The predicted octanol–water partition coefficient (Wildman–Crippen LogP) is 2.21. The molecular formula is C18H20FN5O. The number of benzene rings is 1. The third kappa shape index (κ3) is 3.51. The van der Waals surface area contributed by atoms with Gasteiger partial charge >= 0.3 is 0 Å². The van der Waals surface area contributed by atoms with Crippen molar-refractivity contribution in [3.05, 3.63) is 65.4 Å². The summed E-state index contributed by atoms with van der Waals surface area (Å²) in [5.74, 6) is -0.534. The summed E-state index contributed by atoms with van der Waals surface area (Å²) in [5.41, 5.74) is 2.39. The molecule has 3 rings (SSSR count). The fraction of sp³-hybridized carbons (Fsp3) is 0.278. The van der Waals surface area contributed by atoms with Crippen LogP contribution in [0.4, 0.5) is 4.39 Å². The summed E-state index contributed by atoms with van der Waals surface area (Å²) in [6, 6.07) is 8.02. The molecule has 0 radical (unpaired) electrons. The number of amides is 1. The first-order chi connectivity index (χ1) is 12.0. The molecule has 3 aromatic rings. The molecule has 0 bridgehead atoms. The minimum atomic E-state index is -0.293. The van der Waals surface area contributed by atoms with E-state index in [4.69, 9.17) is 0 Å². The highest BCUT2D eigenvalue weighted by Crippen LogP contribution is 2.19. The number of hydrogen-bond donors (Lipinski definition) is 1. The van der Waals surface area contributed by atoms with Gasteiger partial charge < -0.3 is 10.2 Å². The van der Waals surface area contributed by atoms with Crippen molar-refractivity contribution >= 4 is 11.6 Å². The van der Waals surface area contributed by atoms with Crippen LogP contribution in [0.25, 0.3) is 5.65 Å². The Morgan fingerprint density at radius 2 is 2.16 bits per heavy atom. The van der Waals surface area contributed by atoms with Crippen LogP contribution in [-0.4, -0.2) is 46.0 Å². The normalized spacial score (nSPS) is 12.5. The van der Waals surface area contributed by atoms with Gasteiger partial charge in [0.2, 0.25) is 0 Å². The van der Waals surface area contributed by atoms with Gasteiger partial charge in [-0.3, -0.25) is 4.79 Å². The van der Waals surface area contributed by atoms with Crippen molar-refractivity contribution in [2.75, 3.05) is 20.6 Å². The van der Waals surface area contributed by atoms with Crippen molar-refractivity contribution in [3.8, 4) is 0 Å². The van der Waals surface area contributed by atoms with Gasteiger partial charge in [0.05, 0.1) is 11.7 Å². The molecule has 1 atom stereocenters. The van der Waals surface area contributed by atoms with Gasteiger partial charge in [0, 0.05) is 18.9 Å². The molecule has 6 nitrogen and oxygen atoms in total. The summed E-state index contributed by atoms with van der Waals surface area (Å²) >= 11 is 0. The number of halogens is 1. The Kier molecular flexibility index (Phi) is 4.76. The number of aryl methyl sites for hydroxylation is 1. The second-order valence-corrected chi connectivity index (χ2v) is 6.09. The molecule has 0 saturated carbocycles. The molecule has 7 heteroatoms. The molecule has 1 N–H and O–H groups in total. The third-order valence-electron chi connectivity index (χ3n) is 4.11. The molecule has 0 spiro atoms. The highest BCUT2D eigenvalue weighted by molar-refractivity contribution is 6.00. The maximum absolute atomic E-state index is 13.5. The van der Waals surface area contributed by atoms with Gasteiger partial charge in [-0.15, -0.1) is 0 Å². The lowest BCUT2D eigenvalue weighted by atomic mass is 10.1. The smallest absolute Gasteiger partial charge is 0.257 e. The summed E-state index contributed by atoms with van der Waals surface area (Å²) in [5, 5.41) is 7.22. The quantitative estimate of drug-likeness (QED) is 0.773. The van der Waals surface area contributed by atoms with Crippen LogP contribution in [0.1, 0.15) is 27.7 Å². The zero-order valence-electron chi connectivity index (χ0n) is 14.4. The van der Waals surface area contributed by atoms with Crippen LogP contribution < -0.4 is 5.32 Å². The van der Waals surface area contributed by atoms with Crippen molar-refractivity contribution in [1.29, 1.82) is 0 Å². The first kappa shape index (κ1) is 17.0. The first-order valence-corrected chi connectivity index (χ1v) is 7.97. The number of aromatic nitrogens is 3. The standard InChI is InChI=1S/C18H20FN5O/c1-12-16(17-20-8-5-9-24(17)22-12)18(25)21-11-15(23(2)3)13-6-4-7-14(19)10-13/h4-10,15H,11H2,1-3H3,(H,21,25). The van der Waals surface area contributed by atoms with Crippen LogP contribution in [0.2, 0.25) is 0 Å². The van der Waals surface area contributed by atoms with E-state index in [-0.39, 0.29) is 17.8 Å². The average Bonchev–Trinajstić information content (AvgIpc) is 2.90. The van der Waals surface area contributed by atoms with Crippen LogP contribution >= 0.6 is 0 Å². The van der Waals surface area contributed by atoms with E-state index in [1.165, 1.54) is 12.1 Å². The van der Waals surface area contributed by atoms with Gasteiger partial charge in [-0.1, -0.05) is 12.1 Å². The Morgan fingerprint density at radius 3 is 2.88 bits per heavy atom. The zero-order valence-corrected chi connectivity index (χ0v) is 14.4. The molecule has 0 aliphatic rings.